The maximum atomic E-state index is 12.0. The molecule has 4 nitrogen and oxygen atoms in total. The lowest BCUT2D eigenvalue weighted by Gasteiger charge is -2.26. The quantitative estimate of drug-likeness (QED) is 0.563. The van der Waals surface area contributed by atoms with Gasteiger partial charge in [-0.15, -0.1) is 0 Å². The molecule has 1 saturated heterocycles. The first-order valence-corrected chi connectivity index (χ1v) is 8.12. The van der Waals surface area contributed by atoms with Gasteiger partial charge in [0, 0.05) is 18.7 Å². The smallest absolute Gasteiger partial charge is 0.246 e. The van der Waals surface area contributed by atoms with Crippen LogP contribution in [0, 0.1) is 0 Å². The Balaban J connectivity index is 2.73. The summed E-state index contributed by atoms with van der Waals surface area (Å²) in [4.78, 5) is 13.7. The summed E-state index contributed by atoms with van der Waals surface area (Å²) in [5.74, 6) is 0.206. The Hall–Kier alpha value is -1.10. The second kappa shape index (κ2) is 6.73. The van der Waals surface area contributed by atoms with E-state index in [1.54, 1.807) is 17.1 Å². The van der Waals surface area contributed by atoms with E-state index >= 15 is 0 Å². The van der Waals surface area contributed by atoms with Gasteiger partial charge in [0.25, 0.3) is 0 Å². The summed E-state index contributed by atoms with van der Waals surface area (Å²) in [6, 6.07) is -0.155. The minimum atomic E-state index is -2.95. The Morgan fingerprint density at radius 1 is 1.39 bits per heavy atom. The van der Waals surface area contributed by atoms with Crippen LogP contribution in [0.1, 0.15) is 26.7 Å². The lowest BCUT2D eigenvalue weighted by atomic mass is 10.2. The van der Waals surface area contributed by atoms with Crippen molar-refractivity contribution in [3.8, 4) is 0 Å². The van der Waals surface area contributed by atoms with Crippen molar-refractivity contribution >= 4 is 15.7 Å². The molecule has 1 aliphatic rings. The number of rotatable bonds is 5. The molecule has 0 spiro atoms. The molecule has 0 N–H and O–H groups in total. The van der Waals surface area contributed by atoms with Crippen LogP contribution >= 0.6 is 0 Å². The molecule has 0 bridgehead atoms. The molecule has 0 unspecified atom stereocenters. The average Bonchev–Trinajstić information content (AvgIpc) is 2.66. The summed E-state index contributed by atoms with van der Waals surface area (Å²) >= 11 is 0. The lowest BCUT2D eigenvalue weighted by Crippen LogP contribution is -2.40. The van der Waals surface area contributed by atoms with Crippen LogP contribution in [0.4, 0.5) is 0 Å². The van der Waals surface area contributed by atoms with Gasteiger partial charge >= 0.3 is 0 Å². The molecule has 1 heterocycles. The van der Waals surface area contributed by atoms with Gasteiger partial charge in [-0.3, -0.25) is 4.79 Å². The maximum absolute atomic E-state index is 12.0. The largest absolute Gasteiger partial charge is 0.335 e. The van der Waals surface area contributed by atoms with Crippen molar-refractivity contribution in [1.82, 2.24) is 4.90 Å². The van der Waals surface area contributed by atoms with Gasteiger partial charge in [-0.2, -0.15) is 0 Å². The minimum absolute atomic E-state index is 0.1000. The van der Waals surface area contributed by atoms with Crippen LogP contribution in [0.15, 0.2) is 24.3 Å². The van der Waals surface area contributed by atoms with Crippen LogP contribution < -0.4 is 0 Å². The highest BCUT2D eigenvalue weighted by atomic mass is 32.2. The molecule has 1 amide bonds. The van der Waals surface area contributed by atoms with Gasteiger partial charge in [-0.1, -0.05) is 25.2 Å². The molecule has 1 aliphatic heterocycles. The zero-order valence-electron chi connectivity index (χ0n) is 11.0. The Kier molecular flexibility index (Phi) is 5.59. The normalized spacial score (nSPS) is 22.9. The number of amides is 1. The van der Waals surface area contributed by atoms with Crippen molar-refractivity contribution in [2.45, 2.75) is 32.7 Å². The van der Waals surface area contributed by atoms with Crippen molar-refractivity contribution in [1.29, 1.82) is 0 Å². The predicted molar refractivity (Wildman–Crippen MR) is 73.0 cm³/mol. The summed E-state index contributed by atoms with van der Waals surface area (Å²) in [6.07, 6.45) is 8.21. The summed E-state index contributed by atoms with van der Waals surface area (Å²) < 4.78 is 22.9. The molecule has 1 fully saturated rings. The van der Waals surface area contributed by atoms with Crippen molar-refractivity contribution in [2.24, 2.45) is 0 Å². The fraction of sp³-hybridized carbons (Fsp3) is 0.615. The monoisotopic (exact) mass is 271 g/mol. The number of hydrogen-bond donors (Lipinski definition) is 0. The highest BCUT2D eigenvalue weighted by Gasteiger charge is 2.33. The number of carbonyl (C=O) groups excluding carboxylic acids is 1. The molecule has 1 rings (SSSR count). The third-order valence-corrected chi connectivity index (χ3v) is 4.69. The summed E-state index contributed by atoms with van der Waals surface area (Å²) in [5.41, 5.74) is 0. The van der Waals surface area contributed by atoms with E-state index in [1.165, 1.54) is 6.08 Å². The highest BCUT2D eigenvalue weighted by molar-refractivity contribution is 7.91. The van der Waals surface area contributed by atoms with Gasteiger partial charge in [0.15, 0.2) is 9.84 Å². The molecule has 0 radical (unpaired) electrons. The van der Waals surface area contributed by atoms with Crippen LogP contribution in [0.2, 0.25) is 0 Å². The third-order valence-electron chi connectivity index (χ3n) is 2.94. The molecular weight excluding hydrogens is 250 g/mol. The van der Waals surface area contributed by atoms with Crippen molar-refractivity contribution in [2.75, 3.05) is 18.1 Å². The van der Waals surface area contributed by atoms with Crippen LogP contribution in [0.5, 0.6) is 0 Å². The first-order valence-electron chi connectivity index (χ1n) is 6.30. The molecule has 0 saturated carbocycles. The number of nitrogens with zero attached hydrogens (tertiary/aromatic N) is 1. The summed E-state index contributed by atoms with van der Waals surface area (Å²) in [6.45, 7) is 4.47. The fourth-order valence-electron chi connectivity index (χ4n) is 2.08. The van der Waals surface area contributed by atoms with Crippen molar-refractivity contribution < 1.29 is 13.2 Å². The van der Waals surface area contributed by atoms with Crippen LogP contribution in [-0.2, 0) is 14.6 Å². The molecule has 0 aromatic carbocycles. The Morgan fingerprint density at radius 3 is 2.61 bits per heavy atom. The van der Waals surface area contributed by atoms with E-state index in [1.807, 2.05) is 19.9 Å². The molecule has 0 aromatic heterocycles. The second-order valence-electron chi connectivity index (χ2n) is 4.47. The number of sulfone groups is 1. The third kappa shape index (κ3) is 4.29. The first kappa shape index (κ1) is 15.0. The Bertz CT molecular complexity index is 437. The zero-order valence-corrected chi connectivity index (χ0v) is 11.8. The second-order valence-corrected chi connectivity index (χ2v) is 6.70. The first-order chi connectivity index (χ1) is 8.50. The Morgan fingerprint density at radius 2 is 2.11 bits per heavy atom. The van der Waals surface area contributed by atoms with Gasteiger partial charge in [0.1, 0.15) is 0 Å². The van der Waals surface area contributed by atoms with E-state index in [-0.39, 0.29) is 23.5 Å². The SMILES string of the molecule is C/C=C/C=C\C(=O)N(CCC)[C@@H]1CCS(=O)(=O)C1. The fourth-order valence-corrected chi connectivity index (χ4v) is 3.81. The average molecular weight is 271 g/mol. The van der Waals surface area contributed by atoms with E-state index < -0.39 is 9.84 Å². The molecule has 1 atom stereocenters. The van der Waals surface area contributed by atoms with Crippen LogP contribution in [0.3, 0.4) is 0 Å². The maximum Gasteiger partial charge on any atom is 0.246 e. The van der Waals surface area contributed by atoms with Crippen LogP contribution in [0.25, 0.3) is 0 Å². The number of allylic oxidation sites excluding steroid dienone is 3. The predicted octanol–water partition coefficient (Wildman–Crippen LogP) is 1.54. The molecule has 0 aromatic rings. The number of hydrogen-bond acceptors (Lipinski definition) is 3. The van der Waals surface area contributed by atoms with Gasteiger partial charge in [-0.25, -0.2) is 8.42 Å². The van der Waals surface area contributed by atoms with E-state index in [2.05, 4.69) is 0 Å². The topological polar surface area (TPSA) is 54.5 Å². The minimum Gasteiger partial charge on any atom is -0.335 e. The molecule has 18 heavy (non-hydrogen) atoms. The molecule has 5 heteroatoms. The van der Waals surface area contributed by atoms with Crippen molar-refractivity contribution in [3.05, 3.63) is 24.3 Å². The highest BCUT2D eigenvalue weighted by Crippen LogP contribution is 2.18. The van der Waals surface area contributed by atoms with Gasteiger partial charge < -0.3 is 4.90 Å². The summed E-state index contributed by atoms with van der Waals surface area (Å²) in [7, 11) is -2.95. The van der Waals surface area contributed by atoms with E-state index in [0.29, 0.717) is 13.0 Å². The Labute approximate surface area is 109 Å². The van der Waals surface area contributed by atoms with Gasteiger partial charge in [0.2, 0.25) is 5.91 Å². The molecule has 0 aliphatic carbocycles. The number of carbonyl (C=O) groups is 1. The summed E-state index contributed by atoms with van der Waals surface area (Å²) in [5, 5.41) is 0. The van der Waals surface area contributed by atoms with E-state index in [9.17, 15) is 13.2 Å². The zero-order chi connectivity index (χ0) is 13.6. The molecule has 102 valence electrons. The molecular formula is C13H21NO3S. The van der Waals surface area contributed by atoms with Gasteiger partial charge in [0.05, 0.1) is 11.5 Å². The van der Waals surface area contributed by atoms with Crippen molar-refractivity contribution in [3.63, 3.8) is 0 Å². The van der Waals surface area contributed by atoms with Crippen LogP contribution in [-0.4, -0.2) is 43.3 Å². The standard InChI is InChI=1S/C13H21NO3S/c1-3-5-6-7-13(15)14(9-4-2)12-8-10-18(16,17)11-12/h3,5-7,12H,4,8-11H2,1-2H3/b5-3+,7-6-/t12-/m1/s1. The van der Waals surface area contributed by atoms with E-state index in [0.717, 1.165) is 6.42 Å². The van der Waals surface area contributed by atoms with E-state index in [4.69, 9.17) is 0 Å². The lowest BCUT2D eigenvalue weighted by molar-refractivity contribution is -0.127. The van der Waals surface area contributed by atoms with Gasteiger partial charge in [-0.05, 0) is 19.8 Å².